The number of ether oxygens (including phenoxy) is 2. The largest absolute Gasteiger partial charge is 0.478 e. The molecule has 1 aromatic carbocycles. The lowest BCUT2D eigenvalue weighted by Gasteiger charge is -2.33. The normalized spacial score (nSPS) is 11.9. The van der Waals surface area contributed by atoms with Crippen molar-refractivity contribution in [1.82, 2.24) is 0 Å². The molecule has 3 N–H and O–H groups in total. The van der Waals surface area contributed by atoms with Crippen molar-refractivity contribution in [3.63, 3.8) is 0 Å². The van der Waals surface area contributed by atoms with Crippen molar-refractivity contribution < 1.29 is 38.3 Å². The van der Waals surface area contributed by atoms with E-state index in [1.165, 1.54) is 36.4 Å². The summed E-state index contributed by atoms with van der Waals surface area (Å²) in [6.07, 6.45) is 2.58. The predicted octanol–water partition coefficient (Wildman–Crippen LogP) is 2.01. The Morgan fingerprint density at radius 1 is 1.17 bits per heavy atom. The van der Waals surface area contributed by atoms with E-state index in [0.29, 0.717) is 0 Å². The van der Waals surface area contributed by atoms with Crippen LogP contribution in [-0.4, -0.2) is 34.1 Å². The number of hydrogen-bond acceptors (Lipinski definition) is 5. The van der Waals surface area contributed by atoms with Crippen LogP contribution in [-0.2, 0) is 24.5 Å². The molecule has 0 aliphatic heterocycles. The molecule has 0 fully saturated rings. The summed E-state index contributed by atoms with van der Waals surface area (Å²) in [5, 5.41) is 9.28. The van der Waals surface area contributed by atoms with E-state index in [0.717, 1.165) is 0 Å². The van der Waals surface area contributed by atoms with E-state index in [4.69, 9.17) is 9.47 Å². The van der Waals surface area contributed by atoms with E-state index in [1.807, 2.05) is 0 Å². The second-order valence-electron chi connectivity index (χ2n) is 4.19. The average Bonchev–Trinajstić information content (AvgIpc) is 2.49. The molecule has 0 unspecified atom stereocenters. The molecule has 23 heavy (non-hydrogen) atoms. The molecule has 0 aliphatic rings. The number of carbonyl (C=O) groups is 1. The number of benzene rings is 1. The lowest BCUT2D eigenvalue weighted by molar-refractivity contribution is -0.353. The first-order chi connectivity index (χ1) is 10.8. The van der Waals surface area contributed by atoms with Crippen molar-refractivity contribution >= 4 is 13.8 Å². The van der Waals surface area contributed by atoms with Gasteiger partial charge >= 0.3 is 19.8 Å². The van der Waals surface area contributed by atoms with E-state index >= 15 is 0 Å². The van der Waals surface area contributed by atoms with Gasteiger partial charge in [-0.3, -0.25) is 0 Å². The number of rotatable bonds is 10. The molecule has 0 bridgehead atoms. The number of carboxylic acid groups (broad SMARTS) is 1. The Kier molecular flexibility index (Phi) is 6.83. The topological polar surface area (TPSA) is 123 Å². The lowest BCUT2D eigenvalue weighted by atomic mass is 10.1. The molecule has 0 amide bonds. The quantitative estimate of drug-likeness (QED) is 0.335. The van der Waals surface area contributed by atoms with Gasteiger partial charge in [-0.25, -0.2) is 13.9 Å². The Morgan fingerprint density at radius 3 is 2.13 bits per heavy atom. The summed E-state index contributed by atoms with van der Waals surface area (Å²) in [5.74, 6) is -3.78. The summed E-state index contributed by atoms with van der Waals surface area (Å²) in [6.45, 7) is 6.42. The van der Waals surface area contributed by atoms with E-state index in [-0.39, 0.29) is 24.3 Å². The summed E-state index contributed by atoms with van der Waals surface area (Å²) in [7, 11) is -5.09. The van der Waals surface area contributed by atoms with Crippen molar-refractivity contribution in [3.8, 4) is 0 Å². The molecule has 0 saturated heterocycles. The Hall–Kier alpha value is -1.80. The fraction of sp³-hybridized carbons (Fsp3) is 0.214. The number of carboxylic acids is 1. The number of hydrogen-bond donors (Lipinski definition) is 3. The van der Waals surface area contributed by atoms with Crippen molar-refractivity contribution in [2.45, 2.75) is 5.97 Å². The first kappa shape index (κ1) is 19.2. The Morgan fingerprint density at radius 2 is 1.70 bits per heavy atom. The van der Waals surface area contributed by atoms with Crippen LogP contribution in [0, 0.1) is 0 Å². The molecule has 0 radical (unpaired) electrons. The van der Waals surface area contributed by atoms with Gasteiger partial charge < -0.3 is 24.4 Å². The van der Waals surface area contributed by atoms with Gasteiger partial charge in [0.1, 0.15) is 0 Å². The molecule has 0 heterocycles. The third kappa shape index (κ3) is 5.40. The van der Waals surface area contributed by atoms with Crippen molar-refractivity contribution in [2.75, 3.05) is 13.2 Å². The summed E-state index contributed by atoms with van der Waals surface area (Å²) < 4.78 is 26.5. The van der Waals surface area contributed by atoms with E-state index < -0.39 is 19.8 Å². The van der Waals surface area contributed by atoms with Crippen LogP contribution in [0.1, 0.15) is 15.9 Å². The highest BCUT2D eigenvalue weighted by Gasteiger charge is 2.44. The maximum atomic E-state index is 11.4. The second-order valence-corrected chi connectivity index (χ2v) is 5.35. The lowest BCUT2D eigenvalue weighted by Crippen LogP contribution is -2.37. The molecule has 9 heteroatoms. The van der Waals surface area contributed by atoms with Gasteiger partial charge in [0.25, 0.3) is 0 Å². The predicted molar refractivity (Wildman–Crippen MR) is 80.5 cm³/mol. The zero-order valence-corrected chi connectivity index (χ0v) is 13.0. The first-order valence-corrected chi connectivity index (χ1v) is 7.87. The third-order valence-electron chi connectivity index (χ3n) is 2.51. The Labute approximate surface area is 132 Å². The van der Waals surface area contributed by atoms with Crippen LogP contribution in [0.25, 0.3) is 0 Å². The molecular formula is C14H17O8P. The van der Waals surface area contributed by atoms with E-state index in [1.54, 1.807) is 0 Å². The highest BCUT2D eigenvalue weighted by atomic mass is 31.2. The van der Waals surface area contributed by atoms with Crippen molar-refractivity contribution in [1.29, 1.82) is 0 Å². The summed E-state index contributed by atoms with van der Waals surface area (Å²) in [5.41, 5.74) is -0.506. The Balaban J connectivity index is 3.51. The smallest absolute Gasteiger partial charge is 0.474 e. The zero-order chi connectivity index (χ0) is 17.5. The summed E-state index contributed by atoms with van der Waals surface area (Å²) >= 11 is 0. The maximum Gasteiger partial charge on any atom is 0.474 e. The van der Waals surface area contributed by atoms with Crippen LogP contribution >= 0.6 is 7.82 Å². The molecule has 0 aliphatic carbocycles. The van der Waals surface area contributed by atoms with E-state index in [9.17, 15) is 24.3 Å². The zero-order valence-electron chi connectivity index (χ0n) is 12.1. The Bertz CT molecular complexity index is 609. The first-order valence-electron chi connectivity index (χ1n) is 6.34. The molecule has 0 saturated carbocycles. The van der Waals surface area contributed by atoms with Crippen molar-refractivity contribution in [2.24, 2.45) is 0 Å². The van der Waals surface area contributed by atoms with Crippen LogP contribution in [0.3, 0.4) is 0 Å². The van der Waals surface area contributed by atoms with Crippen LogP contribution in [0.4, 0.5) is 0 Å². The minimum atomic E-state index is -5.09. The fourth-order valence-electron chi connectivity index (χ4n) is 1.73. The van der Waals surface area contributed by atoms with Crippen molar-refractivity contribution in [3.05, 3.63) is 60.7 Å². The SMILES string of the molecule is C=CCOC(OCC=C)(OP(=O)(O)O)c1ccccc1C(=O)O. The summed E-state index contributed by atoms with van der Waals surface area (Å²) in [4.78, 5) is 29.7. The van der Waals surface area contributed by atoms with Crippen LogP contribution in [0.2, 0.25) is 0 Å². The second kappa shape index (κ2) is 8.16. The number of aromatic carboxylic acids is 1. The third-order valence-corrected chi connectivity index (χ3v) is 2.99. The standard InChI is InChI=1S/C14H17O8P/c1-3-9-20-14(21-10-4-2,22-23(17,18)19)12-8-6-5-7-11(12)13(15)16/h3-8H,1-2,9-10H2,(H,15,16)(H2,17,18,19). The van der Waals surface area contributed by atoms with E-state index in [2.05, 4.69) is 17.7 Å². The van der Waals surface area contributed by atoms with Crippen LogP contribution in [0.15, 0.2) is 49.6 Å². The average molecular weight is 344 g/mol. The molecule has 0 atom stereocenters. The fourth-order valence-corrected chi connectivity index (χ4v) is 2.25. The minimum Gasteiger partial charge on any atom is -0.478 e. The summed E-state index contributed by atoms with van der Waals surface area (Å²) in [6, 6.07) is 5.39. The molecular weight excluding hydrogens is 327 g/mol. The highest BCUT2D eigenvalue weighted by molar-refractivity contribution is 7.46. The molecule has 126 valence electrons. The van der Waals surface area contributed by atoms with Gasteiger partial charge in [0.05, 0.1) is 24.3 Å². The molecule has 0 aromatic heterocycles. The van der Waals surface area contributed by atoms with Gasteiger partial charge in [-0.05, 0) is 6.07 Å². The monoisotopic (exact) mass is 344 g/mol. The van der Waals surface area contributed by atoms with Gasteiger partial charge in [0.2, 0.25) is 0 Å². The van der Waals surface area contributed by atoms with Crippen LogP contribution < -0.4 is 0 Å². The molecule has 0 spiro atoms. The maximum absolute atomic E-state index is 11.4. The van der Waals surface area contributed by atoms with Gasteiger partial charge in [-0.15, -0.1) is 13.2 Å². The van der Waals surface area contributed by atoms with Gasteiger partial charge in [0, 0.05) is 0 Å². The van der Waals surface area contributed by atoms with Gasteiger partial charge in [0.15, 0.2) is 0 Å². The number of phosphoric acid groups is 1. The minimum absolute atomic E-state index is 0.209. The molecule has 1 aromatic rings. The number of phosphoric ester groups is 1. The van der Waals surface area contributed by atoms with Gasteiger partial charge in [-0.1, -0.05) is 30.4 Å². The van der Waals surface area contributed by atoms with Crippen LogP contribution in [0.5, 0.6) is 0 Å². The molecule has 8 nitrogen and oxygen atoms in total. The van der Waals surface area contributed by atoms with Gasteiger partial charge in [-0.2, -0.15) is 0 Å². The molecule has 1 rings (SSSR count). The highest BCUT2D eigenvalue weighted by Crippen LogP contribution is 2.47.